The van der Waals surface area contributed by atoms with Crippen molar-refractivity contribution in [1.82, 2.24) is 0 Å². The van der Waals surface area contributed by atoms with E-state index in [1.807, 2.05) is 0 Å². The van der Waals surface area contributed by atoms with Crippen molar-refractivity contribution in [3.8, 4) is 0 Å². The molecule has 13 heavy (non-hydrogen) atoms. The van der Waals surface area contributed by atoms with Gasteiger partial charge < -0.3 is 0 Å². The number of hydrogen-bond acceptors (Lipinski definition) is 1. The van der Waals surface area contributed by atoms with E-state index in [4.69, 9.17) is 0 Å². The molecule has 0 radical (unpaired) electrons. The summed E-state index contributed by atoms with van der Waals surface area (Å²) >= 11 is -0.210. The molecule has 0 aromatic rings. The predicted molar refractivity (Wildman–Crippen MR) is 69.4 cm³/mol. The fourth-order valence-electron chi connectivity index (χ4n) is 1.28. The molecule has 0 fully saturated rings. The smallest absolute Gasteiger partial charge is 0.174 e. The molecule has 0 heterocycles. The van der Waals surface area contributed by atoms with Gasteiger partial charge >= 0.3 is 0 Å². The number of carbonyl (C=O) groups is 1. The molecular formula is C11H21IO. The van der Waals surface area contributed by atoms with Crippen molar-refractivity contribution in [3.05, 3.63) is 0 Å². The Balaban J connectivity index is 2.91. The summed E-state index contributed by atoms with van der Waals surface area (Å²) in [5, 5.41) is 0. The van der Waals surface area contributed by atoms with Gasteiger partial charge in [0.2, 0.25) is 0 Å². The Morgan fingerprint density at radius 2 is 1.62 bits per heavy atom. The topological polar surface area (TPSA) is 17.1 Å². The standard InChI is InChI=1S/C11H21IO/c1-2-3-4-5-6-7-8-9-10-12-11-13/h10-11H,2-9H2,1H3. The molecule has 0 rings (SSSR count). The van der Waals surface area contributed by atoms with Gasteiger partial charge in [0.15, 0.2) is 4.29 Å². The lowest BCUT2D eigenvalue weighted by Crippen LogP contribution is -1.80. The first-order valence-electron chi connectivity index (χ1n) is 5.29. The van der Waals surface area contributed by atoms with Crippen molar-refractivity contribution < 1.29 is 4.79 Å². The van der Waals surface area contributed by atoms with Crippen molar-refractivity contribution in [2.75, 3.05) is 0 Å². The van der Waals surface area contributed by atoms with E-state index >= 15 is 0 Å². The zero-order valence-electron chi connectivity index (χ0n) is 8.60. The zero-order chi connectivity index (χ0) is 9.78. The molecule has 0 amide bonds. The average Bonchev–Trinajstić information content (AvgIpc) is 2.16. The quantitative estimate of drug-likeness (QED) is 0.271. The van der Waals surface area contributed by atoms with Crippen LogP contribution in [0.4, 0.5) is 0 Å². The summed E-state index contributed by atoms with van der Waals surface area (Å²) in [6.45, 7) is 2.25. The van der Waals surface area contributed by atoms with E-state index in [1.54, 1.807) is 0 Å². The number of hydrogen-bond donors (Lipinski definition) is 0. The number of halogens is 1. The highest BCUT2D eigenvalue weighted by molar-refractivity contribution is 14.2. The molecule has 0 aliphatic rings. The van der Waals surface area contributed by atoms with Crippen LogP contribution >= 0.6 is 20.7 Å². The Kier molecular flexibility index (Phi) is 12.5. The molecule has 1 nitrogen and oxygen atoms in total. The van der Waals surface area contributed by atoms with Gasteiger partial charge in [0, 0.05) is 0 Å². The first-order valence-corrected chi connectivity index (χ1v) is 7.78. The van der Waals surface area contributed by atoms with Gasteiger partial charge in [-0.15, -0.1) is 0 Å². The van der Waals surface area contributed by atoms with E-state index in [0.29, 0.717) is 0 Å². The van der Waals surface area contributed by atoms with Gasteiger partial charge in [0.05, 0.1) is 0 Å². The summed E-state index contributed by atoms with van der Waals surface area (Å²) in [7, 11) is 0. The molecule has 2 heteroatoms. The normalized spacial score (nSPS) is 11.5. The maximum absolute atomic E-state index is 10.0. The Morgan fingerprint density at radius 1 is 1.00 bits per heavy atom. The van der Waals surface area contributed by atoms with Crippen LogP contribution in [0.25, 0.3) is 0 Å². The monoisotopic (exact) mass is 296 g/mol. The highest BCUT2D eigenvalue weighted by Crippen LogP contribution is 2.08. The number of carbonyl (C=O) groups excluding carboxylic acids is 1. The van der Waals surface area contributed by atoms with Crippen LogP contribution in [0.3, 0.4) is 0 Å². The average molecular weight is 296 g/mol. The van der Waals surface area contributed by atoms with Crippen molar-refractivity contribution >= 4 is 29.0 Å². The van der Waals surface area contributed by atoms with Crippen LogP contribution in [0.15, 0.2) is 0 Å². The van der Waals surface area contributed by atoms with Gasteiger partial charge in [-0.2, -0.15) is 0 Å². The fourth-order valence-corrected chi connectivity index (χ4v) is 2.29. The van der Waals surface area contributed by atoms with E-state index in [1.165, 1.54) is 51.4 Å². The minimum absolute atomic E-state index is 0.210. The third-order valence-corrected chi connectivity index (χ3v) is 3.48. The SMILES string of the molecule is CCCCCCCCCC=IC=O. The van der Waals surface area contributed by atoms with E-state index in [0.717, 1.165) is 4.29 Å². The molecule has 0 atom stereocenters. The van der Waals surface area contributed by atoms with Crippen LogP contribution in [0, 0.1) is 0 Å². The Bertz CT molecular complexity index is 132. The lowest BCUT2D eigenvalue weighted by molar-refractivity contribution is 0.572. The van der Waals surface area contributed by atoms with Crippen LogP contribution in [0.5, 0.6) is 0 Å². The van der Waals surface area contributed by atoms with Gasteiger partial charge in [-0.3, -0.25) is 4.79 Å². The summed E-state index contributed by atoms with van der Waals surface area (Å²) in [4.78, 5) is 10.0. The first kappa shape index (κ1) is 13.3. The molecule has 78 valence electrons. The van der Waals surface area contributed by atoms with Gasteiger partial charge in [-0.25, -0.2) is 0 Å². The number of rotatable bonds is 9. The summed E-state index contributed by atoms with van der Waals surface area (Å²) in [6.07, 6.45) is 10.7. The zero-order valence-corrected chi connectivity index (χ0v) is 10.8. The Hall–Kier alpha value is 0.270. The lowest BCUT2D eigenvalue weighted by atomic mass is 10.1. The molecule has 0 aliphatic heterocycles. The highest BCUT2D eigenvalue weighted by atomic mass is 127. The van der Waals surface area contributed by atoms with E-state index in [-0.39, 0.29) is 20.7 Å². The molecule has 0 aromatic heterocycles. The van der Waals surface area contributed by atoms with E-state index < -0.39 is 0 Å². The highest BCUT2D eigenvalue weighted by Gasteiger charge is 1.88. The molecule has 0 saturated heterocycles. The van der Waals surface area contributed by atoms with Crippen LogP contribution in [-0.4, -0.2) is 8.30 Å². The van der Waals surface area contributed by atoms with Crippen molar-refractivity contribution in [1.29, 1.82) is 0 Å². The van der Waals surface area contributed by atoms with E-state index in [9.17, 15) is 4.79 Å². The molecule has 0 spiro atoms. The summed E-state index contributed by atoms with van der Waals surface area (Å²) in [5.41, 5.74) is 0. The second kappa shape index (κ2) is 12.3. The molecule has 0 aromatic carbocycles. The van der Waals surface area contributed by atoms with Crippen molar-refractivity contribution in [2.24, 2.45) is 0 Å². The van der Waals surface area contributed by atoms with E-state index in [2.05, 4.69) is 10.9 Å². The number of unbranched alkanes of at least 4 members (excludes halogenated alkanes) is 7. The largest absolute Gasteiger partial charge is 0.292 e. The minimum Gasteiger partial charge on any atom is -0.292 e. The van der Waals surface area contributed by atoms with Crippen molar-refractivity contribution in [3.63, 3.8) is 0 Å². The first-order chi connectivity index (χ1) is 6.41. The summed E-state index contributed by atoms with van der Waals surface area (Å²) in [6, 6.07) is 0. The molecule has 0 unspecified atom stereocenters. The van der Waals surface area contributed by atoms with Gasteiger partial charge in [0.1, 0.15) is 0 Å². The maximum Gasteiger partial charge on any atom is 0.174 e. The summed E-state index contributed by atoms with van der Waals surface area (Å²) in [5.74, 6) is 0. The second-order valence-electron chi connectivity index (χ2n) is 3.28. The third-order valence-electron chi connectivity index (χ3n) is 2.06. The fraction of sp³-hybridized carbons (Fsp3) is 0.818. The van der Waals surface area contributed by atoms with Crippen LogP contribution in [0.2, 0.25) is 0 Å². The summed E-state index contributed by atoms with van der Waals surface area (Å²) < 4.78 is 3.28. The van der Waals surface area contributed by atoms with Crippen LogP contribution in [0.1, 0.15) is 58.3 Å². The minimum atomic E-state index is -0.210. The van der Waals surface area contributed by atoms with Crippen LogP contribution < -0.4 is 0 Å². The van der Waals surface area contributed by atoms with Gasteiger partial charge in [0.25, 0.3) is 0 Å². The van der Waals surface area contributed by atoms with Gasteiger partial charge in [-0.1, -0.05) is 66.2 Å². The maximum atomic E-state index is 10.0. The molecule has 0 saturated carbocycles. The second-order valence-corrected chi connectivity index (χ2v) is 5.39. The molecule has 0 aliphatic carbocycles. The lowest BCUT2D eigenvalue weighted by Gasteiger charge is -1.98. The van der Waals surface area contributed by atoms with Crippen LogP contribution in [-0.2, 0) is 4.79 Å². The predicted octanol–water partition coefficient (Wildman–Crippen LogP) is 4.09. The van der Waals surface area contributed by atoms with Gasteiger partial charge in [-0.05, 0) is 16.9 Å². The molecule has 0 bridgehead atoms. The molecule has 0 N–H and O–H groups in total. The van der Waals surface area contributed by atoms with Crippen molar-refractivity contribution in [2.45, 2.75) is 58.3 Å². The Morgan fingerprint density at radius 3 is 2.23 bits per heavy atom. The Labute approximate surface area is 92.0 Å². The molecular weight excluding hydrogens is 275 g/mol. The third kappa shape index (κ3) is 12.3.